The van der Waals surface area contributed by atoms with E-state index < -0.39 is 16.1 Å². The van der Waals surface area contributed by atoms with Gasteiger partial charge in [0.2, 0.25) is 21.8 Å². The lowest BCUT2D eigenvalue weighted by atomic mass is 10.1. The van der Waals surface area contributed by atoms with Crippen LogP contribution in [0.1, 0.15) is 51.2 Å². The molecule has 0 saturated carbocycles. The van der Waals surface area contributed by atoms with Crippen LogP contribution in [0.25, 0.3) is 0 Å². The number of halogens is 1. The maximum absolute atomic E-state index is 13.4. The first kappa shape index (κ1) is 29.6. The van der Waals surface area contributed by atoms with Crippen molar-refractivity contribution in [2.24, 2.45) is 5.92 Å². The molecule has 1 atom stereocenters. The van der Waals surface area contributed by atoms with Crippen LogP contribution in [0.15, 0.2) is 48.5 Å². The number of nitrogens with one attached hydrogen (secondary N) is 1. The molecule has 0 unspecified atom stereocenters. The summed E-state index contributed by atoms with van der Waals surface area (Å²) in [7, 11) is -3.55. The van der Waals surface area contributed by atoms with Gasteiger partial charge in [-0.05, 0) is 55.5 Å². The topological polar surface area (TPSA) is 86.8 Å². The van der Waals surface area contributed by atoms with Crippen LogP contribution in [0, 0.1) is 12.8 Å². The van der Waals surface area contributed by atoms with E-state index in [2.05, 4.69) is 5.32 Å². The van der Waals surface area contributed by atoms with Crippen molar-refractivity contribution < 1.29 is 18.0 Å². The molecular formula is C27H38ClN3O4S. The third kappa shape index (κ3) is 9.13. The lowest BCUT2D eigenvalue weighted by Crippen LogP contribution is -2.49. The summed E-state index contributed by atoms with van der Waals surface area (Å²) in [5.41, 5.74) is 2.54. The molecule has 0 fully saturated rings. The van der Waals surface area contributed by atoms with Gasteiger partial charge in [0.05, 0.1) is 11.9 Å². The first-order chi connectivity index (χ1) is 16.9. The summed E-state index contributed by atoms with van der Waals surface area (Å²) in [4.78, 5) is 28.0. The van der Waals surface area contributed by atoms with Crippen molar-refractivity contribution in [3.8, 4) is 0 Å². The Bertz CT molecular complexity index is 1100. The minimum absolute atomic E-state index is 0.111. The monoisotopic (exact) mass is 535 g/mol. The van der Waals surface area contributed by atoms with E-state index >= 15 is 0 Å². The van der Waals surface area contributed by atoms with Gasteiger partial charge < -0.3 is 10.2 Å². The van der Waals surface area contributed by atoms with Crippen molar-refractivity contribution in [2.75, 3.05) is 23.7 Å². The van der Waals surface area contributed by atoms with E-state index in [0.29, 0.717) is 42.6 Å². The fourth-order valence-electron chi connectivity index (χ4n) is 3.84. The minimum Gasteiger partial charge on any atom is -0.354 e. The molecule has 0 spiro atoms. The first-order valence-electron chi connectivity index (χ1n) is 12.3. The summed E-state index contributed by atoms with van der Waals surface area (Å²) in [6.07, 6.45) is 2.03. The number of hydrogen-bond acceptors (Lipinski definition) is 4. The van der Waals surface area contributed by atoms with Gasteiger partial charge >= 0.3 is 0 Å². The number of carbonyl (C=O) groups excluding carboxylic acids is 2. The Balaban J connectivity index is 2.19. The predicted molar refractivity (Wildman–Crippen MR) is 147 cm³/mol. The second-order valence-electron chi connectivity index (χ2n) is 9.49. The van der Waals surface area contributed by atoms with Crippen molar-refractivity contribution in [2.45, 2.75) is 59.5 Å². The molecule has 198 valence electrons. The molecule has 2 aromatic carbocycles. The van der Waals surface area contributed by atoms with Gasteiger partial charge in [-0.15, -0.1) is 0 Å². The van der Waals surface area contributed by atoms with Crippen molar-refractivity contribution in [1.29, 1.82) is 0 Å². The smallest absolute Gasteiger partial charge is 0.242 e. The van der Waals surface area contributed by atoms with Crippen LogP contribution in [0.3, 0.4) is 0 Å². The molecule has 0 radical (unpaired) electrons. The van der Waals surface area contributed by atoms with Crippen LogP contribution in [-0.4, -0.2) is 50.5 Å². The minimum atomic E-state index is -3.55. The van der Waals surface area contributed by atoms with Gasteiger partial charge in [-0.1, -0.05) is 62.2 Å². The highest BCUT2D eigenvalue weighted by atomic mass is 35.5. The molecule has 0 aliphatic heterocycles. The SMILES string of the molecule is CC[C@@H](C(=O)NCC(C)C)N(Cc1ccc(C)cc1)C(=O)CCCN(c1ccc(Cl)cc1)S(C)(=O)=O. The zero-order chi connectivity index (χ0) is 26.9. The number of amides is 2. The average molecular weight is 536 g/mol. The lowest BCUT2D eigenvalue weighted by Gasteiger charge is -2.31. The summed E-state index contributed by atoms with van der Waals surface area (Å²) in [5.74, 6) is -0.0696. The van der Waals surface area contributed by atoms with Gasteiger partial charge in [-0.3, -0.25) is 13.9 Å². The maximum atomic E-state index is 13.4. The molecule has 9 heteroatoms. The number of aryl methyl sites for hydroxylation is 1. The van der Waals surface area contributed by atoms with E-state index in [1.165, 1.54) is 4.31 Å². The number of nitrogens with zero attached hydrogens (tertiary/aromatic N) is 2. The standard InChI is InChI=1S/C27H38ClN3O4S/c1-6-25(27(33)29-18-20(2)3)30(19-22-11-9-21(4)10-12-22)26(32)8-7-17-31(36(5,34)35)24-15-13-23(28)14-16-24/h9-16,20,25H,6-8,17-19H2,1-5H3,(H,29,33)/t25-/m0/s1. The van der Waals surface area contributed by atoms with E-state index in [1.54, 1.807) is 29.2 Å². The molecule has 2 amide bonds. The number of hydrogen-bond donors (Lipinski definition) is 1. The molecule has 0 aliphatic rings. The molecule has 1 N–H and O–H groups in total. The zero-order valence-corrected chi connectivity index (χ0v) is 23.4. The zero-order valence-electron chi connectivity index (χ0n) is 21.8. The molecular weight excluding hydrogens is 498 g/mol. The lowest BCUT2D eigenvalue weighted by molar-refractivity contribution is -0.141. The highest BCUT2D eigenvalue weighted by Gasteiger charge is 2.29. The van der Waals surface area contributed by atoms with Gasteiger partial charge in [0, 0.05) is 31.1 Å². The Morgan fingerprint density at radius 3 is 2.17 bits per heavy atom. The number of anilines is 1. The van der Waals surface area contributed by atoms with E-state index in [4.69, 9.17) is 11.6 Å². The fraction of sp³-hybridized carbons (Fsp3) is 0.481. The summed E-state index contributed by atoms with van der Waals surface area (Å²) in [5, 5.41) is 3.46. The fourth-order valence-corrected chi connectivity index (χ4v) is 4.93. The van der Waals surface area contributed by atoms with Gasteiger partial charge in [-0.25, -0.2) is 8.42 Å². The van der Waals surface area contributed by atoms with Crippen LogP contribution in [0.2, 0.25) is 5.02 Å². The van der Waals surface area contributed by atoms with Crippen LogP contribution in [0.4, 0.5) is 5.69 Å². The van der Waals surface area contributed by atoms with Gasteiger partial charge in [0.15, 0.2) is 0 Å². The van der Waals surface area contributed by atoms with Crippen molar-refractivity contribution in [3.05, 3.63) is 64.7 Å². The number of sulfonamides is 1. The van der Waals surface area contributed by atoms with Crippen LogP contribution in [-0.2, 0) is 26.2 Å². The largest absolute Gasteiger partial charge is 0.354 e. The van der Waals surface area contributed by atoms with E-state index in [9.17, 15) is 18.0 Å². The Morgan fingerprint density at radius 2 is 1.64 bits per heavy atom. The van der Waals surface area contributed by atoms with Gasteiger partial charge in [0.1, 0.15) is 6.04 Å². The number of benzene rings is 2. The molecule has 0 bridgehead atoms. The van der Waals surface area contributed by atoms with Crippen molar-refractivity contribution >= 4 is 39.1 Å². The van der Waals surface area contributed by atoms with Crippen LogP contribution < -0.4 is 9.62 Å². The Kier molecular flexibility index (Phi) is 11.2. The third-order valence-corrected chi connectivity index (χ3v) is 7.26. The van der Waals surface area contributed by atoms with Gasteiger partial charge in [-0.2, -0.15) is 0 Å². The molecule has 36 heavy (non-hydrogen) atoms. The predicted octanol–water partition coefficient (Wildman–Crippen LogP) is 4.77. The summed E-state index contributed by atoms with van der Waals surface area (Å²) >= 11 is 5.94. The molecule has 2 aromatic rings. The number of carbonyl (C=O) groups is 2. The number of rotatable bonds is 13. The molecule has 0 saturated heterocycles. The van der Waals surface area contributed by atoms with E-state index in [-0.39, 0.29) is 24.8 Å². The van der Waals surface area contributed by atoms with E-state index in [0.717, 1.165) is 17.4 Å². The Labute approximate surface area is 220 Å². The van der Waals surface area contributed by atoms with Crippen molar-refractivity contribution in [3.63, 3.8) is 0 Å². The first-order valence-corrected chi connectivity index (χ1v) is 14.5. The van der Waals surface area contributed by atoms with Gasteiger partial charge in [0.25, 0.3) is 0 Å². The summed E-state index contributed by atoms with van der Waals surface area (Å²) in [6.45, 7) is 8.90. The quantitative estimate of drug-likeness (QED) is 0.400. The van der Waals surface area contributed by atoms with Crippen LogP contribution >= 0.6 is 11.6 Å². The second kappa shape index (κ2) is 13.7. The summed E-state index contributed by atoms with van der Waals surface area (Å²) in [6, 6.07) is 13.8. The summed E-state index contributed by atoms with van der Waals surface area (Å²) < 4.78 is 26.1. The Morgan fingerprint density at radius 1 is 1.03 bits per heavy atom. The van der Waals surface area contributed by atoms with E-state index in [1.807, 2.05) is 52.0 Å². The highest BCUT2D eigenvalue weighted by molar-refractivity contribution is 7.92. The maximum Gasteiger partial charge on any atom is 0.242 e. The second-order valence-corrected chi connectivity index (χ2v) is 11.8. The van der Waals surface area contributed by atoms with Crippen LogP contribution in [0.5, 0.6) is 0 Å². The highest BCUT2D eigenvalue weighted by Crippen LogP contribution is 2.22. The Hall–Kier alpha value is -2.58. The third-order valence-electron chi connectivity index (χ3n) is 5.81. The average Bonchev–Trinajstić information content (AvgIpc) is 2.81. The molecule has 2 rings (SSSR count). The normalized spacial score (nSPS) is 12.3. The molecule has 0 aliphatic carbocycles. The molecule has 0 aromatic heterocycles. The molecule has 7 nitrogen and oxygen atoms in total. The molecule has 0 heterocycles. The van der Waals surface area contributed by atoms with Crippen molar-refractivity contribution in [1.82, 2.24) is 10.2 Å².